The topological polar surface area (TPSA) is 34.9 Å². The molecule has 0 saturated carbocycles. The van der Waals surface area contributed by atoms with Gasteiger partial charge in [0.15, 0.2) is 0 Å². The van der Waals surface area contributed by atoms with Gasteiger partial charge in [-0.15, -0.1) is 0 Å². The van der Waals surface area contributed by atoms with Crippen molar-refractivity contribution in [3.63, 3.8) is 0 Å². The summed E-state index contributed by atoms with van der Waals surface area (Å²) in [5.74, 6) is 0. The molecule has 0 N–H and O–H groups in total. The predicted molar refractivity (Wildman–Crippen MR) is 69.5 cm³/mol. The standard InChI is InChI=1S/C13H9ClN2O/c1-16-11(17)7-5-9-3-2-8-4-6-10(14)15-12(8)13(9)16/h2-7H,1H3. The van der Waals surface area contributed by atoms with Crippen molar-refractivity contribution in [1.82, 2.24) is 9.55 Å². The highest BCUT2D eigenvalue weighted by atomic mass is 35.5. The summed E-state index contributed by atoms with van der Waals surface area (Å²) in [6.45, 7) is 0. The molecule has 3 nitrogen and oxygen atoms in total. The minimum Gasteiger partial charge on any atom is -0.309 e. The smallest absolute Gasteiger partial charge is 0.250 e. The van der Waals surface area contributed by atoms with Crippen molar-refractivity contribution in [3.05, 3.63) is 51.9 Å². The number of aryl methyl sites for hydroxylation is 1. The highest BCUT2D eigenvalue weighted by molar-refractivity contribution is 6.30. The van der Waals surface area contributed by atoms with E-state index < -0.39 is 0 Å². The van der Waals surface area contributed by atoms with Gasteiger partial charge in [-0.05, 0) is 18.2 Å². The van der Waals surface area contributed by atoms with Gasteiger partial charge in [0.1, 0.15) is 5.15 Å². The molecule has 0 amide bonds. The molecule has 0 saturated heterocycles. The second-order valence-electron chi connectivity index (χ2n) is 3.94. The van der Waals surface area contributed by atoms with Crippen LogP contribution in [0.5, 0.6) is 0 Å². The lowest BCUT2D eigenvalue weighted by molar-refractivity contribution is 0.908. The van der Waals surface area contributed by atoms with Crippen LogP contribution in [0.3, 0.4) is 0 Å². The average molecular weight is 245 g/mol. The lowest BCUT2D eigenvalue weighted by Crippen LogP contribution is -2.15. The number of halogens is 1. The van der Waals surface area contributed by atoms with Gasteiger partial charge in [0.2, 0.25) is 0 Å². The Labute approximate surface area is 102 Å². The van der Waals surface area contributed by atoms with Gasteiger partial charge < -0.3 is 4.57 Å². The Morgan fingerprint density at radius 1 is 1.06 bits per heavy atom. The van der Waals surface area contributed by atoms with Crippen molar-refractivity contribution in [3.8, 4) is 0 Å². The van der Waals surface area contributed by atoms with Crippen LogP contribution in [0.25, 0.3) is 21.8 Å². The van der Waals surface area contributed by atoms with E-state index in [1.807, 2.05) is 18.2 Å². The number of nitrogens with zero attached hydrogens (tertiary/aromatic N) is 2. The molecule has 0 aliphatic heterocycles. The van der Waals surface area contributed by atoms with Crippen LogP contribution in [0.1, 0.15) is 0 Å². The molecule has 0 unspecified atom stereocenters. The van der Waals surface area contributed by atoms with E-state index in [9.17, 15) is 4.79 Å². The molecule has 0 bridgehead atoms. The van der Waals surface area contributed by atoms with Crippen LogP contribution >= 0.6 is 11.6 Å². The Kier molecular flexibility index (Phi) is 2.16. The third kappa shape index (κ3) is 1.51. The summed E-state index contributed by atoms with van der Waals surface area (Å²) in [6, 6.07) is 11.0. The Morgan fingerprint density at radius 3 is 2.53 bits per heavy atom. The maximum Gasteiger partial charge on any atom is 0.250 e. The van der Waals surface area contributed by atoms with Crippen LogP contribution in [0, 0.1) is 0 Å². The van der Waals surface area contributed by atoms with Crippen LogP contribution in [-0.4, -0.2) is 9.55 Å². The summed E-state index contributed by atoms with van der Waals surface area (Å²) in [6.07, 6.45) is 0. The SMILES string of the molecule is Cn1c(=O)ccc2ccc3ccc(Cl)nc3c21. The number of hydrogen-bond acceptors (Lipinski definition) is 2. The van der Waals surface area contributed by atoms with Gasteiger partial charge in [-0.1, -0.05) is 23.7 Å². The summed E-state index contributed by atoms with van der Waals surface area (Å²) in [5, 5.41) is 2.39. The zero-order valence-corrected chi connectivity index (χ0v) is 9.90. The van der Waals surface area contributed by atoms with Crippen molar-refractivity contribution in [2.45, 2.75) is 0 Å². The van der Waals surface area contributed by atoms with E-state index in [1.165, 1.54) is 0 Å². The monoisotopic (exact) mass is 244 g/mol. The molecule has 2 aromatic heterocycles. The average Bonchev–Trinajstić information content (AvgIpc) is 2.33. The molecule has 84 valence electrons. The molecule has 0 radical (unpaired) electrons. The lowest BCUT2D eigenvalue weighted by atomic mass is 10.1. The van der Waals surface area contributed by atoms with Gasteiger partial charge in [0, 0.05) is 23.9 Å². The first kappa shape index (κ1) is 10.3. The minimum absolute atomic E-state index is 0.0493. The van der Waals surface area contributed by atoms with E-state index in [4.69, 9.17) is 11.6 Å². The zero-order chi connectivity index (χ0) is 12.0. The van der Waals surface area contributed by atoms with Crippen molar-refractivity contribution in [2.75, 3.05) is 0 Å². The largest absolute Gasteiger partial charge is 0.309 e. The normalized spacial score (nSPS) is 11.2. The quantitative estimate of drug-likeness (QED) is 0.450. The first-order valence-electron chi connectivity index (χ1n) is 5.22. The highest BCUT2D eigenvalue weighted by Gasteiger charge is 2.06. The Morgan fingerprint density at radius 2 is 1.71 bits per heavy atom. The Balaban J connectivity index is 2.66. The molecular weight excluding hydrogens is 236 g/mol. The summed E-state index contributed by atoms with van der Waals surface area (Å²) < 4.78 is 1.60. The molecule has 17 heavy (non-hydrogen) atoms. The number of rotatable bonds is 0. The molecule has 1 aromatic carbocycles. The van der Waals surface area contributed by atoms with Gasteiger partial charge in [-0.3, -0.25) is 4.79 Å². The molecule has 0 atom stereocenters. The van der Waals surface area contributed by atoms with Crippen LogP contribution in [-0.2, 0) is 7.05 Å². The van der Waals surface area contributed by atoms with E-state index in [0.29, 0.717) is 5.15 Å². The maximum absolute atomic E-state index is 11.7. The van der Waals surface area contributed by atoms with E-state index in [-0.39, 0.29) is 5.56 Å². The molecule has 2 heterocycles. The van der Waals surface area contributed by atoms with Gasteiger partial charge in [-0.25, -0.2) is 4.98 Å². The van der Waals surface area contributed by atoms with Gasteiger partial charge >= 0.3 is 0 Å². The minimum atomic E-state index is -0.0493. The van der Waals surface area contributed by atoms with E-state index in [0.717, 1.165) is 21.8 Å². The van der Waals surface area contributed by atoms with Gasteiger partial charge in [-0.2, -0.15) is 0 Å². The Hall–Kier alpha value is -1.87. The molecule has 4 heteroatoms. The summed E-state index contributed by atoms with van der Waals surface area (Å²) in [4.78, 5) is 16.0. The maximum atomic E-state index is 11.7. The lowest BCUT2D eigenvalue weighted by Gasteiger charge is -2.07. The number of benzene rings is 1. The van der Waals surface area contributed by atoms with E-state index in [2.05, 4.69) is 4.98 Å². The van der Waals surface area contributed by atoms with Crippen LogP contribution in [0.4, 0.5) is 0 Å². The first-order chi connectivity index (χ1) is 8.16. The number of aromatic nitrogens is 2. The van der Waals surface area contributed by atoms with Crippen molar-refractivity contribution >= 4 is 33.4 Å². The number of pyridine rings is 2. The zero-order valence-electron chi connectivity index (χ0n) is 9.14. The second kappa shape index (κ2) is 3.57. The third-order valence-electron chi connectivity index (χ3n) is 2.90. The van der Waals surface area contributed by atoms with E-state index >= 15 is 0 Å². The molecule has 3 aromatic rings. The summed E-state index contributed by atoms with van der Waals surface area (Å²) in [5.41, 5.74) is 1.53. The highest BCUT2D eigenvalue weighted by Crippen LogP contribution is 2.23. The van der Waals surface area contributed by atoms with Crippen LogP contribution in [0.15, 0.2) is 41.2 Å². The van der Waals surface area contributed by atoms with E-state index in [1.54, 1.807) is 29.8 Å². The van der Waals surface area contributed by atoms with Crippen molar-refractivity contribution < 1.29 is 0 Å². The van der Waals surface area contributed by atoms with Crippen LogP contribution < -0.4 is 5.56 Å². The number of hydrogen-bond donors (Lipinski definition) is 0. The molecule has 0 fully saturated rings. The summed E-state index contributed by atoms with van der Waals surface area (Å²) >= 11 is 5.91. The Bertz CT molecular complexity index is 792. The molecule has 3 rings (SSSR count). The van der Waals surface area contributed by atoms with Gasteiger partial charge in [0.05, 0.1) is 11.0 Å². The fourth-order valence-corrected chi connectivity index (χ4v) is 2.18. The third-order valence-corrected chi connectivity index (χ3v) is 3.11. The second-order valence-corrected chi connectivity index (χ2v) is 4.33. The summed E-state index contributed by atoms with van der Waals surface area (Å²) in [7, 11) is 1.74. The molecule has 0 aliphatic carbocycles. The predicted octanol–water partition coefficient (Wildman–Crippen LogP) is 2.74. The van der Waals surface area contributed by atoms with Crippen molar-refractivity contribution in [2.24, 2.45) is 7.05 Å². The van der Waals surface area contributed by atoms with Crippen molar-refractivity contribution in [1.29, 1.82) is 0 Å². The molecule has 0 aliphatic rings. The first-order valence-corrected chi connectivity index (χ1v) is 5.59. The molecular formula is C13H9ClN2O. The molecule has 0 spiro atoms. The van der Waals surface area contributed by atoms with Gasteiger partial charge in [0.25, 0.3) is 5.56 Å². The van der Waals surface area contributed by atoms with Crippen LogP contribution in [0.2, 0.25) is 5.15 Å². The fraction of sp³-hybridized carbons (Fsp3) is 0.0769. The number of fused-ring (bicyclic) bond motifs is 3. The fourth-order valence-electron chi connectivity index (χ4n) is 2.04.